The van der Waals surface area contributed by atoms with E-state index < -0.39 is 0 Å². The van der Waals surface area contributed by atoms with E-state index in [1.807, 2.05) is 10.9 Å². The molecular formula is C12H21N3. The molecule has 3 heteroatoms. The van der Waals surface area contributed by atoms with E-state index in [9.17, 15) is 0 Å². The van der Waals surface area contributed by atoms with Crippen LogP contribution in [-0.4, -0.2) is 15.8 Å². The summed E-state index contributed by atoms with van der Waals surface area (Å²) in [5, 5.41) is 4.30. The summed E-state index contributed by atoms with van der Waals surface area (Å²) in [5.41, 5.74) is 7.36. The minimum atomic E-state index is 0.435. The Kier molecular flexibility index (Phi) is 3.41. The van der Waals surface area contributed by atoms with Crippen molar-refractivity contribution in [2.24, 2.45) is 11.7 Å². The lowest BCUT2D eigenvalue weighted by atomic mass is 9.83. The first-order valence-corrected chi connectivity index (χ1v) is 6.05. The van der Waals surface area contributed by atoms with Gasteiger partial charge < -0.3 is 5.73 Å². The van der Waals surface area contributed by atoms with Crippen LogP contribution in [0.5, 0.6) is 0 Å². The molecule has 0 saturated heterocycles. The summed E-state index contributed by atoms with van der Waals surface area (Å²) in [7, 11) is 0. The van der Waals surface area contributed by atoms with Crippen LogP contribution in [0, 0.1) is 5.92 Å². The Hall–Kier alpha value is -0.830. The van der Waals surface area contributed by atoms with Crippen molar-refractivity contribution in [2.75, 3.05) is 0 Å². The van der Waals surface area contributed by atoms with E-state index in [2.05, 4.69) is 18.2 Å². The second-order valence-corrected chi connectivity index (χ2v) is 4.70. The van der Waals surface area contributed by atoms with E-state index in [0.717, 1.165) is 18.9 Å². The van der Waals surface area contributed by atoms with Crippen LogP contribution in [0.4, 0.5) is 0 Å². The van der Waals surface area contributed by atoms with Gasteiger partial charge in [-0.15, -0.1) is 0 Å². The lowest BCUT2D eigenvalue weighted by Crippen LogP contribution is -2.28. The fourth-order valence-electron chi connectivity index (χ4n) is 2.54. The highest BCUT2D eigenvalue weighted by atomic mass is 15.3. The van der Waals surface area contributed by atoms with Crippen LogP contribution in [-0.2, 0) is 13.0 Å². The van der Waals surface area contributed by atoms with Gasteiger partial charge in [0.15, 0.2) is 0 Å². The van der Waals surface area contributed by atoms with Gasteiger partial charge >= 0.3 is 0 Å². The predicted octanol–water partition coefficient (Wildman–Crippen LogP) is 1.96. The number of nitrogens with two attached hydrogens (primary N) is 1. The monoisotopic (exact) mass is 207 g/mol. The van der Waals surface area contributed by atoms with Crippen molar-refractivity contribution in [3.05, 3.63) is 18.0 Å². The quantitative estimate of drug-likeness (QED) is 0.823. The lowest BCUT2D eigenvalue weighted by Gasteiger charge is -2.26. The van der Waals surface area contributed by atoms with Crippen molar-refractivity contribution in [3.8, 4) is 0 Å². The molecule has 1 aromatic rings. The number of nitrogens with zero attached hydrogens (tertiary/aromatic N) is 2. The molecule has 0 spiro atoms. The van der Waals surface area contributed by atoms with Gasteiger partial charge in [-0.3, -0.25) is 4.68 Å². The van der Waals surface area contributed by atoms with Crippen LogP contribution < -0.4 is 5.73 Å². The third kappa shape index (κ3) is 2.81. The molecule has 15 heavy (non-hydrogen) atoms. The van der Waals surface area contributed by atoms with Gasteiger partial charge in [-0.25, -0.2) is 0 Å². The molecule has 0 aliphatic heterocycles. The minimum absolute atomic E-state index is 0.435. The Morgan fingerprint density at radius 1 is 1.53 bits per heavy atom. The average molecular weight is 207 g/mol. The Labute approximate surface area is 91.7 Å². The first-order chi connectivity index (χ1) is 7.28. The average Bonchev–Trinajstić information content (AvgIpc) is 2.65. The second kappa shape index (κ2) is 4.79. The third-order valence-electron chi connectivity index (χ3n) is 3.36. The highest BCUT2D eigenvalue weighted by Gasteiger charge is 2.19. The number of rotatable bonds is 3. The maximum absolute atomic E-state index is 5.99. The van der Waals surface area contributed by atoms with Gasteiger partial charge in [0, 0.05) is 18.8 Å². The zero-order valence-corrected chi connectivity index (χ0v) is 9.52. The van der Waals surface area contributed by atoms with E-state index in [1.54, 1.807) is 0 Å². The van der Waals surface area contributed by atoms with E-state index >= 15 is 0 Å². The minimum Gasteiger partial charge on any atom is -0.328 e. The molecule has 2 N–H and O–H groups in total. The van der Waals surface area contributed by atoms with Crippen molar-refractivity contribution in [1.29, 1.82) is 0 Å². The number of aromatic nitrogens is 2. The van der Waals surface area contributed by atoms with Gasteiger partial charge in [-0.2, -0.15) is 5.10 Å². The summed E-state index contributed by atoms with van der Waals surface area (Å²) in [6.45, 7) is 3.08. The molecule has 2 unspecified atom stereocenters. The van der Waals surface area contributed by atoms with Crippen molar-refractivity contribution < 1.29 is 0 Å². The maximum atomic E-state index is 5.99. The molecule has 0 radical (unpaired) electrons. The zero-order chi connectivity index (χ0) is 10.7. The van der Waals surface area contributed by atoms with E-state index in [0.29, 0.717) is 6.04 Å². The van der Waals surface area contributed by atoms with Gasteiger partial charge in [0.25, 0.3) is 0 Å². The van der Waals surface area contributed by atoms with Crippen LogP contribution in [0.2, 0.25) is 0 Å². The molecule has 3 nitrogen and oxygen atoms in total. The molecule has 0 bridgehead atoms. The highest BCUT2D eigenvalue weighted by molar-refractivity contribution is 5.05. The van der Waals surface area contributed by atoms with E-state index in [-0.39, 0.29) is 0 Å². The summed E-state index contributed by atoms with van der Waals surface area (Å²) in [4.78, 5) is 0. The van der Waals surface area contributed by atoms with Crippen molar-refractivity contribution in [1.82, 2.24) is 9.78 Å². The Balaban J connectivity index is 1.90. The smallest absolute Gasteiger partial charge is 0.0521 e. The Morgan fingerprint density at radius 2 is 2.40 bits per heavy atom. The SMILES string of the molecule is CCn1cc(CC2CCCC(N)C2)cn1. The summed E-state index contributed by atoms with van der Waals surface area (Å²) in [6.07, 6.45) is 10.4. The normalized spacial score (nSPS) is 26.8. The number of aryl methyl sites for hydroxylation is 1. The topological polar surface area (TPSA) is 43.8 Å². The van der Waals surface area contributed by atoms with Gasteiger partial charge in [-0.1, -0.05) is 12.8 Å². The standard InChI is InChI=1S/C12H21N3/c1-2-15-9-11(8-14-15)6-10-4-3-5-12(13)7-10/h8-10,12H,2-7,13H2,1H3. The van der Waals surface area contributed by atoms with Gasteiger partial charge in [0.2, 0.25) is 0 Å². The third-order valence-corrected chi connectivity index (χ3v) is 3.36. The van der Waals surface area contributed by atoms with Crippen LogP contribution in [0.15, 0.2) is 12.4 Å². The second-order valence-electron chi connectivity index (χ2n) is 4.70. The molecule has 1 fully saturated rings. The van der Waals surface area contributed by atoms with Gasteiger partial charge in [0.05, 0.1) is 6.20 Å². The molecule has 1 heterocycles. The van der Waals surface area contributed by atoms with Gasteiger partial charge in [0.1, 0.15) is 0 Å². The highest BCUT2D eigenvalue weighted by Crippen LogP contribution is 2.26. The molecule has 1 aromatic heterocycles. The molecule has 0 amide bonds. The van der Waals surface area contributed by atoms with Crippen molar-refractivity contribution >= 4 is 0 Å². The Morgan fingerprint density at radius 3 is 3.07 bits per heavy atom. The predicted molar refractivity (Wildman–Crippen MR) is 61.5 cm³/mol. The van der Waals surface area contributed by atoms with Crippen LogP contribution in [0.25, 0.3) is 0 Å². The van der Waals surface area contributed by atoms with E-state index in [4.69, 9.17) is 5.73 Å². The molecule has 2 rings (SSSR count). The number of hydrogen-bond acceptors (Lipinski definition) is 2. The molecule has 2 atom stereocenters. The fraction of sp³-hybridized carbons (Fsp3) is 0.750. The van der Waals surface area contributed by atoms with E-state index in [1.165, 1.54) is 31.2 Å². The van der Waals surface area contributed by atoms with Gasteiger partial charge in [-0.05, 0) is 37.7 Å². The molecule has 0 aromatic carbocycles. The first kappa shape index (κ1) is 10.7. The summed E-state index contributed by atoms with van der Waals surface area (Å²) >= 11 is 0. The first-order valence-electron chi connectivity index (χ1n) is 6.05. The van der Waals surface area contributed by atoms with Crippen molar-refractivity contribution in [2.45, 2.75) is 51.6 Å². The largest absolute Gasteiger partial charge is 0.328 e. The molecule has 1 saturated carbocycles. The van der Waals surface area contributed by atoms with Crippen LogP contribution in [0.1, 0.15) is 38.2 Å². The fourth-order valence-corrected chi connectivity index (χ4v) is 2.54. The Bertz CT molecular complexity index is 306. The molecule has 1 aliphatic carbocycles. The van der Waals surface area contributed by atoms with Crippen molar-refractivity contribution in [3.63, 3.8) is 0 Å². The van der Waals surface area contributed by atoms with Crippen LogP contribution >= 0.6 is 0 Å². The molecule has 84 valence electrons. The molecular weight excluding hydrogens is 186 g/mol. The van der Waals surface area contributed by atoms with Crippen LogP contribution in [0.3, 0.4) is 0 Å². The summed E-state index contributed by atoms with van der Waals surface area (Å²) in [5.74, 6) is 0.781. The molecule has 1 aliphatic rings. The maximum Gasteiger partial charge on any atom is 0.0521 e. The lowest BCUT2D eigenvalue weighted by molar-refractivity contribution is 0.321. The number of hydrogen-bond donors (Lipinski definition) is 1. The summed E-state index contributed by atoms with van der Waals surface area (Å²) in [6, 6.07) is 0.435. The zero-order valence-electron chi connectivity index (χ0n) is 9.52. The summed E-state index contributed by atoms with van der Waals surface area (Å²) < 4.78 is 2.00.